The molecule has 2 aliphatic heterocycles. The molecule has 5 heteroatoms. The van der Waals surface area contributed by atoms with Crippen LogP contribution in [0, 0.1) is 0 Å². The van der Waals surface area contributed by atoms with Crippen LogP contribution in [0.15, 0.2) is 0 Å². The highest BCUT2D eigenvalue weighted by Crippen LogP contribution is 2.43. The summed E-state index contributed by atoms with van der Waals surface area (Å²) in [4.78, 5) is 25.1. The summed E-state index contributed by atoms with van der Waals surface area (Å²) in [7, 11) is 3.09. The summed E-state index contributed by atoms with van der Waals surface area (Å²) in [6.45, 7) is 1.74. The van der Waals surface area contributed by atoms with Gasteiger partial charge in [-0.3, -0.25) is 14.6 Å². The number of fused-ring (bicyclic) bond motifs is 1. The number of urea groups is 1. The van der Waals surface area contributed by atoms with E-state index in [0.717, 1.165) is 4.90 Å². The van der Waals surface area contributed by atoms with Crippen LogP contribution in [-0.2, 0) is 9.53 Å². The van der Waals surface area contributed by atoms with E-state index in [1.807, 2.05) is 0 Å². The predicted octanol–water partition coefficient (Wildman–Crippen LogP) is -0.375. The van der Waals surface area contributed by atoms with E-state index in [-0.39, 0.29) is 11.9 Å². The first-order valence-electron chi connectivity index (χ1n) is 3.71. The molecule has 2 atom stereocenters. The van der Waals surface area contributed by atoms with E-state index in [0.29, 0.717) is 0 Å². The number of carbonyl (C=O) groups excluding carboxylic acids is 2. The number of amides is 3. The minimum absolute atomic E-state index is 0.249. The molecule has 12 heavy (non-hydrogen) atoms. The summed E-state index contributed by atoms with van der Waals surface area (Å²) in [6, 6.07) is -0.309. The number of nitrogens with zero attached hydrogens (tertiary/aromatic N) is 2. The molecule has 2 saturated heterocycles. The number of imide groups is 1. The van der Waals surface area contributed by atoms with Gasteiger partial charge in [0.15, 0.2) is 11.8 Å². The summed E-state index contributed by atoms with van der Waals surface area (Å²) in [6.07, 6.45) is -0.454. The highest BCUT2D eigenvalue weighted by molar-refractivity contribution is 6.01. The Hall–Kier alpha value is -1.10. The van der Waals surface area contributed by atoms with Gasteiger partial charge in [0.1, 0.15) is 0 Å². The second-order valence-corrected chi connectivity index (χ2v) is 3.29. The maximum absolute atomic E-state index is 11.3. The maximum atomic E-state index is 11.3. The average Bonchev–Trinajstić information content (AvgIpc) is 2.72. The van der Waals surface area contributed by atoms with Crippen molar-refractivity contribution in [3.05, 3.63) is 0 Å². The monoisotopic (exact) mass is 170 g/mol. The molecule has 0 aliphatic carbocycles. The van der Waals surface area contributed by atoms with Gasteiger partial charge in [0.05, 0.1) is 0 Å². The smallest absolute Gasteiger partial charge is 0.328 e. The number of ether oxygens (including phenoxy) is 1. The maximum Gasteiger partial charge on any atom is 0.328 e. The topological polar surface area (TPSA) is 53.2 Å². The van der Waals surface area contributed by atoms with Gasteiger partial charge >= 0.3 is 6.03 Å². The Bertz CT molecular complexity index is 278. The molecule has 0 N–H and O–H groups in total. The van der Waals surface area contributed by atoms with E-state index >= 15 is 0 Å². The third kappa shape index (κ3) is 0.621. The standard InChI is InChI=1S/C7H10N2O3/c1-7-4(12-7)5(10)8(2)6(11)9(7)3/h4H,1-3H3. The van der Waals surface area contributed by atoms with Crippen LogP contribution in [0.2, 0.25) is 0 Å². The number of epoxide rings is 1. The highest BCUT2D eigenvalue weighted by atomic mass is 16.6. The van der Waals surface area contributed by atoms with E-state index in [9.17, 15) is 9.59 Å². The lowest BCUT2D eigenvalue weighted by molar-refractivity contribution is -0.130. The van der Waals surface area contributed by atoms with Crippen molar-refractivity contribution in [2.45, 2.75) is 18.8 Å². The van der Waals surface area contributed by atoms with Crippen LogP contribution in [0.4, 0.5) is 4.79 Å². The predicted molar refractivity (Wildman–Crippen MR) is 39.2 cm³/mol. The van der Waals surface area contributed by atoms with E-state index in [1.165, 1.54) is 11.9 Å². The molecule has 2 aliphatic rings. The van der Waals surface area contributed by atoms with Gasteiger partial charge in [0.25, 0.3) is 5.91 Å². The van der Waals surface area contributed by atoms with E-state index in [1.54, 1.807) is 14.0 Å². The first kappa shape index (κ1) is 7.54. The zero-order valence-electron chi connectivity index (χ0n) is 7.20. The van der Waals surface area contributed by atoms with Crippen molar-refractivity contribution < 1.29 is 14.3 Å². The summed E-state index contributed by atoms with van der Waals surface area (Å²) < 4.78 is 5.14. The van der Waals surface area contributed by atoms with E-state index in [4.69, 9.17) is 4.74 Å². The fourth-order valence-electron chi connectivity index (χ4n) is 1.42. The Kier molecular flexibility index (Phi) is 1.13. The Morgan fingerprint density at radius 1 is 1.42 bits per heavy atom. The van der Waals surface area contributed by atoms with Crippen LogP contribution in [0.25, 0.3) is 0 Å². The molecular formula is C7H10N2O3. The van der Waals surface area contributed by atoms with Crippen LogP contribution in [0.3, 0.4) is 0 Å². The van der Waals surface area contributed by atoms with Crippen molar-refractivity contribution in [3.8, 4) is 0 Å². The lowest BCUT2D eigenvalue weighted by Crippen LogP contribution is -2.55. The van der Waals surface area contributed by atoms with Crippen molar-refractivity contribution in [3.63, 3.8) is 0 Å². The largest absolute Gasteiger partial charge is 0.334 e. The second-order valence-electron chi connectivity index (χ2n) is 3.29. The number of hydrogen-bond donors (Lipinski definition) is 0. The summed E-state index contributed by atoms with van der Waals surface area (Å²) >= 11 is 0. The Labute approximate surface area is 69.9 Å². The molecule has 0 spiro atoms. The van der Waals surface area contributed by atoms with Crippen LogP contribution in [0.5, 0.6) is 0 Å². The minimum atomic E-state index is -0.680. The molecule has 0 aromatic carbocycles. The lowest BCUT2D eigenvalue weighted by Gasteiger charge is -2.30. The van der Waals surface area contributed by atoms with E-state index < -0.39 is 11.8 Å². The summed E-state index contributed by atoms with van der Waals surface area (Å²) in [5, 5.41) is 0. The molecule has 0 radical (unpaired) electrons. The van der Waals surface area contributed by atoms with Crippen LogP contribution in [0.1, 0.15) is 6.92 Å². The molecule has 66 valence electrons. The number of carbonyl (C=O) groups is 2. The average molecular weight is 170 g/mol. The van der Waals surface area contributed by atoms with Gasteiger partial charge in [-0.15, -0.1) is 0 Å². The number of likely N-dealkylation sites (N-methyl/N-ethyl adjacent to an activating group) is 2. The molecule has 0 bridgehead atoms. The van der Waals surface area contributed by atoms with Crippen LogP contribution in [-0.4, -0.2) is 47.7 Å². The quantitative estimate of drug-likeness (QED) is 0.466. The summed E-state index contributed by atoms with van der Waals surface area (Å²) in [5.41, 5.74) is -0.680. The Balaban J connectivity index is 2.34. The molecule has 2 fully saturated rings. The van der Waals surface area contributed by atoms with Crippen LogP contribution < -0.4 is 0 Å². The van der Waals surface area contributed by atoms with Crippen molar-refractivity contribution in [1.82, 2.24) is 9.80 Å². The van der Waals surface area contributed by atoms with Crippen molar-refractivity contribution in [1.29, 1.82) is 0 Å². The minimum Gasteiger partial charge on any atom is -0.334 e. The Morgan fingerprint density at radius 2 is 2.00 bits per heavy atom. The molecule has 5 nitrogen and oxygen atoms in total. The first-order chi connectivity index (χ1) is 5.48. The molecule has 2 unspecified atom stereocenters. The van der Waals surface area contributed by atoms with Gasteiger partial charge in [0.2, 0.25) is 0 Å². The number of hydrogen-bond acceptors (Lipinski definition) is 3. The van der Waals surface area contributed by atoms with Crippen LogP contribution >= 0.6 is 0 Å². The van der Waals surface area contributed by atoms with Gasteiger partial charge < -0.3 is 4.74 Å². The molecule has 2 rings (SSSR count). The third-order valence-electron chi connectivity index (χ3n) is 2.58. The van der Waals surface area contributed by atoms with Crippen molar-refractivity contribution in [2.24, 2.45) is 0 Å². The Morgan fingerprint density at radius 3 is 2.58 bits per heavy atom. The molecule has 0 aromatic rings. The zero-order chi connectivity index (χ0) is 9.09. The molecule has 2 heterocycles. The first-order valence-corrected chi connectivity index (χ1v) is 3.71. The van der Waals surface area contributed by atoms with Gasteiger partial charge in [-0.1, -0.05) is 0 Å². The molecule has 0 saturated carbocycles. The molecule has 3 amide bonds. The van der Waals surface area contributed by atoms with E-state index in [2.05, 4.69) is 0 Å². The highest BCUT2D eigenvalue weighted by Gasteiger charge is 2.66. The van der Waals surface area contributed by atoms with Crippen molar-refractivity contribution >= 4 is 11.9 Å². The van der Waals surface area contributed by atoms with Gasteiger partial charge in [-0.25, -0.2) is 4.79 Å². The van der Waals surface area contributed by atoms with Gasteiger partial charge in [-0.05, 0) is 6.92 Å². The molecular weight excluding hydrogens is 160 g/mol. The fourth-order valence-corrected chi connectivity index (χ4v) is 1.42. The molecule has 0 aromatic heterocycles. The SMILES string of the molecule is CN1C(=O)C2OC2(C)N(C)C1=O. The fraction of sp³-hybridized carbons (Fsp3) is 0.714. The van der Waals surface area contributed by atoms with Crippen molar-refractivity contribution in [2.75, 3.05) is 14.1 Å². The van der Waals surface area contributed by atoms with Gasteiger partial charge in [-0.2, -0.15) is 0 Å². The normalized spacial score (nSPS) is 40.1. The lowest BCUT2D eigenvalue weighted by atomic mass is 10.1. The summed E-state index contributed by atoms with van der Waals surface area (Å²) in [5.74, 6) is -0.249. The van der Waals surface area contributed by atoms with Gasteiger partial charge in [0, 0.05) is 14.1 Å². The zero-order valence-corrected chi connectivity index (χ0v) is 7.20. The second kappa shape index (κ2) is 1.80. The third-order valence-corrected chi connectivity index (χ3v) is 2.58. The number of rotatable bonds is 0.